The molecule has 6 nitrogen and oxygen atoms in total. The average Bonchev–Trinajstić information content (AvgIpc) is 3.04. The Morgan fingerprint density at radius 3 is 2.16 bits per heavy atom. The average molecular weight is 414 g/mol. The van der Waals surface area contributed by atoms with Gasteiger partial charge < -0.3 is 14.8 Å². The molecule has 0 aliphatic carbocycles. The number of hydrogen-bond donors (Lipinski definition) is 1. The number of nitrogens with one attached hydrogen (secondary N) is 1. The molecule has 4 rings (SSSR count). The van der Waals surface area contributed by atoms with Gasteiger partial charge in [0.2, 0.25) is 0 Å². The fourth-order valence-electron chi connectivity index (χ4n) is 3.54. The molecule has 1 aliphatic heterocycles. The Bertz CT molecular complexity index is 1150. The third-order valence-corrected chi connectivity index (χ3v) is 4.92. The summed E-state index contributed by atoms with van der Waals surface area (Å²) >= 11 is 0. The number of amides is 2. The van der Waals surface area contributed by atoms with Crippen LogP contribution >= 0.6 is 0 Å². The van der Waals surface area contributed by atoms with Crippen molar-refractivity contribution in [2.45, 2.75) is 6.92 Å². The molecule has 0 aromatic heterocycles. The monoisotopic (exact) mass is 414 g/mol. The van der Waals surface area contributed by atoms with E-state index in [1.54, 1.807) is 43.5 Å². The van der Waals surface area contributed by atoms with Crippen molar-refractivity contribution < 1.29 is 19.1 Å². The van der Waals surface area contributed by atoms with Crippen LogP contribution in [0.5, 0.6) is 11.5 Å². The molecule has 1 N–H and O–H groups in total. The Kier molecular flexibility index (Phi) is 5.71. The Morgan fingerprint density at radius 1 is 0.806 bits per heavy atom. The zero-order valence-corrected chi connectivity index (χ0v) is 17.3. The minimum Gasteiger partial charge on any atom is -0.495 e. The number of carbonyl (C=O) groups is 2. The second-order valence-electron chi connectivity index (χ2n) is 6.79. The maximum atomic E-state index is 13.5. The number of methoxy groups -OCH3 is 1. The van der Waals surface area contributed by atoms with Gasteiger partial charge in [-0.15, -0.1) is 0 Å². The van der Waals surface area contributed by atoms with E-state index in [-0.39, 0.29) is 5.70 Å². The Hall–Kier alpha value is -4.06. The van der Waals surface area contributed by atoms with Gasteiger partial charge in [0.25, 0.3) is 11.8 Å². The molecule has 6 heteroatoms. The van der Waals surface area contributed by atoms with E-state index < -0.39 is 11.8 Å². The molecule has 156 valence electrons. The number of para-hydroxylation sites is 4. The van der Waals surface area contributed by atoms with Crippen molar-refractivity contribution in [2.75, 3.05) is 23.9 Å². The molecular weight excluding hydrogens is 392 g/mol. The van der Waals surface area contributed by atoms with Crippen LogP contribution in [0, 0.1) is 0 Å². The van der Waals surface area contributed by atoms with Gasteiger partial charge in [0.15, 0.2) is 0 Å². The minimum atomic E-state index is -0.457. The van der Waals surface area contributed by atoms with Gasteiger partial charge in [-0.05, 0) is 36.8 Å². The van der Waals surface area contributed by atoms with E-state index in [1.165, 1.54) is 0 Å². The molecular formula is C25H22N2O4. The first-order valence-corrected chi connectivity index (χ1v) is 9.96. The lowest BCUT2D eigenvalue weighted by Gasteiger charge is -2.19. The number of nitrogens with zero attached hydrogens (tertiary/aromatic N) is 1. The van der Waals surface area contributed by atoms with Crippen LogP contribution in [0.15, 0.2) is 84.6 Å². The smallest absolute Gasteiger partial charge is 0.282 e. The van der Waals surface area contributed by atoms with Gasteiger partial charge in [-0.3, -0.25) is 9.59 Å². The lowest BCUT2D eigenvalue weighted by molar-refractivity contribution is -0.120. The van der Waals surface area contributed by atoms with Crippen LogP contribution in [0.3, 0.4) is 0 Å². The highest BCUT2D eigenvalue weighted by Gasteiger charge is 2.41. The van der Waals surface area contributed by atoms with Crippen LogP contribution in [-0.2, 0) is 9.59 Å². The van der Waals surface area contributed by atoms with Gasteiger partial charge in [-0.2, -0.15) is 0 Å². The molecule has 0 unspecified atom stereocenters. The molecule has 2 amide bonds. The molecule has 0 fully saturated rings. The fraction of sp³-hybridized carbons (Fsp3) is 0.120. The van der Waals surface area contributed by atoms with E-state index in [0.29, 0.717) is 40.6 Å². The van der Waals surface area contributed by atoms with Crippen molar-refractivity contribution in [2.24, 2.45) is 0 Å². The van der Waals surface area contributed by atoms with Gasteiger partial charge in [-0.25, -0.2) is 4.90 Å². The lowest BCUT2D eigenvalue weighted by Crippen LogP contribution is -2.32. The topological polar surface area (TPSA) is 67.9 Å². The number of rotatable bonds is 7. The van der Waals surface area contributed by atoms with Crippen LogP contribution in [0.4, 0.5) is 11.4 Å². The summed E-state index contributed by atoms with van der Waals surface area (Å²) in [4.78, 5) is 28.3. The van der Waals surface area contributed by atoms with Crippen LogP contribution in [0.2, 0.25) is 0 Å². The molecule has 31 heavy (non-hydrogen) atoms. The summed E-state index contributed by atoms with van der Waals surface area (Å²) in [6.07, 6.45) is 0. The second kappa shape index (κ2) is 8.75. The second-order valence-corrected chi connectivity index (χ2v) is 6.79. The maximum absolute atomic E-state index is 13.5. The van der Waals surface area contributed by atoms with Crippen molar-refractivity contribution in [3.05, 3.63) is 90.1 Å². The first-order chi connectivity index (χ1) is 15.2. The Balaban J connectivity index is 1.84. The highest BCUT2D eigenvalue weighted by Crippen LogP contribution is 2.38. The molecule has 0 bridgehead atoms. The Labute approximate surface area is 180 Å². The normalized spacial score (nSPS) is 13.5. The van der Waals surface area contributed by atoms with E-state index in [1.807, 2.05) is 49.4 Å². The number of imide groups is 1. The number of carbonyl (C=O) groups excluding carboxylic acids is 2. The number of ether oxygens (including phenoxy) is 2. The largest absolute Gasteiger partial charge is 0.495 e. The molecule has 0 saturated carbocycles. The van der Waals surface area contributed by atoms with Crippen molar-refractivity contribution in [1.82, 2.24) is 0 Å². The van der Waals surface area contributed by atoms with Crippen molar-refractivity contribution in [3.63, 3.8) is 0 Å². The van der Waals surface area contributed by atoms with E-state index in [9.17, 15) is 9.59 Å². The zero-order chi connectivity index (χ0) is 21.8. The number of benzene rings is 3. The highest BCUT2D eigenvalue weighted by atomic mass is 16.5. The molecule has 0 spiro atoms. The van der Waals surface area contributed by atoms with E-state index >= 15 is 0 Å². The summed E-state index contributed by atoms with van der Waals surface area (Å²) in [7, 11) is 1.55. The van der Waals surface area contributed by atoms with Crippen LogP contribution in [0.1, 0.15) is 12.5 Å². The lowest BCUT2D eigenvalue weighted by atomic mass is 10.0. The predicted octanol–water partition coefficient (Wildman–Crippen LogP) is 4.49. The quantitative estimate of drug-likeness (QED) is 0.577. The summed E-state index contributed by atoms with van der Waals surface area (Å²) < 4.78 is 11.1. The summed E-state index contributed by atoms with van der Waals surface area (Å²) in [6, 6.07) is 23.4. The highest BCUT2D eigenvalue weighted by molar-refractivity contribution is 6.46. The van der Waals surface area contributed by atoms with Crippen LogP contribution in [-0.4, -0.2) is 25.5 Å². The first-order valence-electron chi connectivity index (χ1n) is 9.96. The standard InChI is InChI=1S/C25H22N2O4/c1-3-31-21-16-10-8-14-19(21)27-24(28)22(17-11-5-4-6-12-17)23(25(27)29)26-18-13-7-9-15-20(18)30-2/h4-16,26H,3H2,1-2H3. The van der Waals surface area contributed by atoms with Gasteiger partial charge in [0.1, 0.15) is 17.2 Å². The molecule has 0 radical (unpaired) electrons. The summed E-state index contributed by atoms with van der Waals surface area (Å²) in [5, 5.41) is 3.14. The summed E-state index contributed by atoms with van der Waals surface area (Å²) in [6.45, 7) is 2.27. The molecule has 1 aliphatic rings. The number of hydrogen-bond acceptors (Lipinski definition) is 5. The first kappa shape index (κ1) is 20.2. The minimum absolute atomic E-state index is 0.187. The van der Waals surface area contributed by atoms with Crippen LogP contribution in [0.25, 0.3) is 5.57 Å². The van der Waals surface area contributed by atoms with Crippen LogP contribution < -0.4 is 19.7 Å². The van der Waals surface area contributed by atoms with Gasteiger partial charge >= 0.3 is 0 Å². The number of anilines is 2. The van der Waals surface area contributed by atoms with Gasteiger partial charge in [0.05, 0.1) is 30.7 Å². The van der Waals surface area contributed by atoms with Crippen molar-refractivity contribution in [1.29, 1.82) is 0 Å². The predicted molar refractivity (Wildman–Crippen MR) is 120 cm³/mol. The van der Waals surface area contributed by atoms with E-state index in [2.05, 4.69) is 5.32 Å². The van der Waals surface area contributed by atoms with E-state index in [0.717, 1.165) is 4.90 Å². The third-order valence-electron chi connectivity index (χ3n) is 4.92. The molecule has 1 heterocycles. The summed E-state index contributed by atoms with van der Waals surface area (Å²) in [5.74, 6) is 0.163. The molecule has 0 atom stereocenters. The fourth-order valence-corrected chi connectivity index (χ4v) is 3.54. The van der Waals surface area contributed by atoms with Crippen molar-refractivity contribution in [3.8, 4) is 11.5 Å². The van der Waals surface area contributed by atoms with Gasteiger partial charge in [0, 0.05) is 0 Å². The Morgan fingerprint density at radius 2 is 1.45 bits per heavy atom. The van der Waals surface area contributed by atoms with E-state index in [4.69, 9.17) is 9.47 Å². The summed E-state index contributed by atoms with van der Waals surface area (Å²) in [5.41, 5.74) is 2.13. The van der Waals surface area contributed by atoms with Crippen molar-refractivity contribution >= 4 is 28.8 Å². The van der Waals surface area contributed by atoms with Gasteiger partial charge in [-0.1, -0.05) is 54.6 Å². The zero-order valence-electron chi connectivity index (χ0n) is 17.3. The SMILES string of the molecule is CCOc1ccccc1N1C(=O)C(Nc2ccccc2OC)=C(c2ccccc2)C1=O. The third kappa shape index (κ3) is 3.75. The molecule has 0 saturated heterocycles. The molecule has 3 aromatic carbocycles. The molecule has 3 aromatic rings. The maximum Gasteiger partial charge on any atom is 0.282 e.